The van der Waals surface area contributed by atoms with E-state index in [1.54, 1.807) is 6.07 Å². The maximum Gasteiger partial charge on any atom is 0.252 e. The quantitative estimate of drug-likeness (QED) is 0.752. The number of amides is 1. The van der Waals surface area contributed by atoms with Crippen molar-refractivity contribution in [1.82, 2.24) is 14.6 Å². The van der Waals surface area contributed by atoms with Crippen LogP contribution in [-0.2, 0) is 10.0 Å². The van der Waals surface area contributed by atoms with Crippen molar-refractivity contribution >= 4 is 26.8 Å². The molecule has 7 nitrogen and oxygen atoms in total. The number of aromatic nitrogens is 1. The highest BCUT2D eigenvalue weighted by atomic mass is 32.2. The molecule has 31 heavy (non-hydrogen) atoms. The summed E-state index contributed by atoms with van der Waals surface area (Å²) < 4.78 is 27.8. The highest BCUT2D eigenvalue weighted by molar-refractivity contribution is 7.89. The van der Waals surface area contributed by atoms with E-state index in [-0.39, 0.29) is 28.0 Å². The molecule has 2 aromatic rings. The Labute approximate surface area is 183 Å². The number of hydrogen-bond acceptors (Lipinski definition) is 4. The molecular formula is C23H31N3O4S. The molecule has 0 radical (unpaired) electrons. The van der Waals surface area contributed by atoms with Crippen LogP contribution in [-0.4, -0.2) is 42.7 Å². The molecule has 1 saturated heterocycles. The van der Waals surface area contributed by atoms with Gasteiger partial charge in [-0.3, -0.25) is 9.59 Å². The van der Waals surface area contributed by atoms with Crippen molar-refractivity contribution in [3.63, 3.8) is 0 Å². The van der Waals surface area contributed by atoms with Crippen molar-refractivity contribution in [2.75, 3.05) is 13.1 Å². The average molecular weight is 446 g/mol. The molecule has 168 valence electrons. The van der Waals surface area contributed by atoms with Crippen LogP contribution >= 0.6 is 0 Å². The Hall–Kier alpha value is -2.19. The zero-order valence-electron chi connectivity index (χ0n) is 17.9. The van der Waals surface area contributed by atoms with Crippen molar-refractivity contribution in [3.05, 3.63) is 40.2 Å². The van der Waals surface area contributed by atoms with Gasteiger partial charge in [-0.25, -0.2) is 8.42 Å². The Balaban J connectivity index is 1.66. The zero-order valence-corrected chi connectivity index (χ0v) is 18.7. The molecule has 0 bridgehead atoms. The summed E-state index contributed by atoms with van der Waals surface area (Å²) in [7, 11) is -3.63. The fraction of sp³-hybridized carbons (Fsp3) is 0.565. The van der Waals surface area contributed by atoms with E-state index in [1.807, 2.05) is 0 Å². The van der Waals surface area contributed by atoms with Gasteiger partial charge in [0, 0.05) is 36.1 Å². The number of hydrogen-bond donors (Lipinski definition) is 2. The van der Waals surface area contributed by atoms with E-state index in [4.69, 9.17) is 0 Å². The van der Waals surface area contributed by atoms with Crippen LogP contribution in [0.2, 0.25) is 0 Å². The number of H-pyrrole nitrogens is 1. The fourth-order valence-corrected chi connectivity index (χ4v) is 6.24. The molecule has 0 unspecified atom stereocenters. The predicted octanol–water partition coefficient (Wildman–Crippen LogP) is 3.55. The highest BCUT2D eigenvalue weighted by Gasteiger charge is 2.27. The first-order valence-corrected chi connectivity index (χ1v) is 12.9. The molecule has 2 heterocycles. The van der Waals surface area contributed by atoms with E-state index in [2.05, 4.69) is 10.3 Å². The van der Waals surface area contributed by atoms with Crippen molar-refractivity contribution in [3.8, 4) is 0 Å². The first-order chi connectivity index (χ1) is 14.9. The zero-order chi connectivity index (χ0) is 21.8. The molecule has 2 N–H and O–H groups in total. The van der Waals surface area contributed by atoms with Gasteiger partial charge < -0.3 is 10.3 Å². The van der Waals surface area contributed by atoms with E-state index in [0.717, 1.165) is 44.9 Å². The van der Waals surface area contributed by atoms with Gasteiger partial charge >= 0.3 is 0 Å². The predicted molar refractivity (Wildman–Crippen MR) is 121 cm³/mol. The van der Waals surface area contributed by atoms with Crippen molar-refractivity contribution < 1.29 is 13.2 Å². The molecule has 1 amide bonds. The molecule has 0 spiro atoms. The summed E-state index contributed by atoms with van der Waals surface area (Å²) in [5, 5.41) is 3.55. The van der Waals surface area contributed by atoms with Gasteiger partial charge in [-0.05, 0) is 43.9 Å². The number of fused-ring (bicyclic) bond motifs is 1. The Morgan fingerprint density at radius 3 is 2.29 bits per heavy atom. The van der Waals surface area contributed by atoms with Gasteiger partial charge in [0.05, 0.1) is 10.5 Å². The van der Waals surface area contributed by atoms with Gasteiger partial charge in [0.25, 0.3) is 5.91 Å². The van der Waals surface area contributed by atoms with E-state index in [0.29, 0.717) is 24.0 Å². The molecule has 1 aromatic carbocycles. The third-order valence-electron chi connectivity index (χ3n) is 6.45. The molecule has 4 rings (SSSR count). The number of nitrogens with one attached hydrogen (secondary N) is 2. The molecule has 0 atom stereocenters. The molecule has 1 aromatic heterocycles. The number of carbonyl (C=O) groups excluding carboxylic acids is 1. The standard InChI is InChI=1S/C23H31N3O4S/c27-22-16-20(23(28)24-17-9-5-2-1-3-6-10-17)19-15-18(11-12-21(19)25-22)31(29,30)26-13-7-4-8-14-26/h11-12,15-17H,1-10,13-14H2,(H,24,28)(H,25,27). The maximum absolute atomic E-state index is 13.1. The molecular weight excluding hydrogens is 414 g/mol. The summed E-state index contributed by atoms with van der Waals surface area (Å²) >= 11 is 0. The van der Waals surface area contributed by atoms with Crippen molar-refractivity contribution in [2.24, 2.45) is 0 Å². The second-order valence-electron chi connectivity index (χ2n) is 8.73. The van der Waals surface area contributed by atoms with Gasteiger partial charge in [0.2, 0.25) is 15.6 Å². The van der Waals surface area contributed by atoms with Gasteiger partial charge in [0.15, 0.2) is 0 Å². The van der Waals surface area contributed by atoms with Crippen LogP contribution in [0.1, 0.15) is 74.6 Å². The first kappa shape index (κ1) is 22.0. The lowest BCUT2D eigenvalue weighted by atomic mass is 9.96. The largest absolute Gasteiger partial charge is 0.349 e. The average Bonchev–Trinajstić information content (AvgIpc) is 2.75. The van der Waals surface area contributed by atoms with E-state index in [9.17, 15) is 18.0 Å². The van der Waals surface area contributed by atoms with Gasteiger partial charge in [-0.2, -0.15) is 4.31 Å². The first-order valence-electron chi connectivity index (χ1n) is 11.4. The Kier molecular flexibility index (Phi) is 6.77. The van der Waals surface area contributed by atoms with Crippen molar-refractivity contribution in [1.29, 1.82) is 0 Å². The molecule has 1 aliphatic heterocycles. The Morgan fingerprint density at radius 2 is 1.58 bits per heavy atom. The van der Waals surface area contributed by atoms with E-state index < -0.39 is 10.0 Å². The van der Waals surface area contributed by atoms with Gasteiger partial charge in [-0.15, -0.1) is 0 Å². The molecule has 2 fully saturated rings. The number of nitrogens with zero attached hydrogens (tertiary/aromatic N) is 1. The summed E-state index contributed by atoms with van der Waals surface area (Å²) in [5.41, 5.74) is 0.325. The fourth-order valence-electron chi connectivity index (χ4n) is 4.70. The molecule has 1 aliphatic carbocycles. The third-order valence-corrected chi connectivity index (χ3v) is 8.35. The topological polar surface area (TPSA) is 99.3 Å². The number of piperidine rings is 1. The Morgan fingerprint density at radius 1 is 0.935 bits per heavy atom. The number of sulfonamides is 1. The normalized spacial score (nSPS) is 19.6. The lowest BCUT2D eigenvalue weighted by molar-refractivity contribution is 0.0932. The SMILES string of the molecule is O=C(NC1CCCCCCC1)c1cc(=O)[nH]c2ccc(S(=O)(=O)N3CCCCC3)cc12. The third kappa shape index (κ3) is 5.01. The monoisotopic (exact) mass is 445 g/mol. The summed E-state index contributed by atoms with van der Waals surface area (Å²) in [6.07, 6.45) is 10.4. The highest BCUT2D eigenvalue weighted by Crippen LogP contribution is 2.25. The number of rotatable bonds is 4. The Bertz CT molecular complexity index is 1100. The second-order valence-corrected chi connectivity index (χ2v) is 10.7. The van der Waals surface area contributed by atoms with Crippen LogP contribution in [0.25, 0.3) is 10.9 Å². The molecule has 8 heteroatoms. The van der Waals surface area contributed by atoms with Crippen LogP contribution in [0.5, 0.6) is 0 Å². The lowest BCUT2D eigenvalue weighted by Crippen LogP contribution is -2.36. The summed E-state index contributed by atoms with van der Waals surface area (Å²) in [6.45, 7) is 1.03. The summed E-state index contributed by atoms with van der Waals surface area (Å²) in [4.78, 5) is 28.2. The maximum atomic E-state index is 13.1. The minimum absolute atomic E-state index is 0.0856. The lowest BCUT2D eigenvalue weighted by Gasteiger charge is -2.26. The molecule has 2 aliphatic rings. The summed E-state index contributed by atoms with van der Waals surface area (Å²) in [6, 6.07) is 5.99. The van der Waals surface area contributed by atoms with Crippen LogP contribution in [0.4, 0.5) is 0 Å². The van der Waals surface area contributed by atoms with Crippen LogP contribution < -0.4 is 10.9 Å². The minimum Gasteiger partial charge on any atom is -0.349 e. The van der Waals surface area contributed by atoms with E-state index >= 15 is 0 Å². The smallest absolute Gasteiger partial charge is 0.252 e. The number of benzene rings is 1. The number of pyridine rings is 1. The van der Waals surface area contributed by atoms with Gasteiger partial charge in [-0.1, -0.05) is 38.5 Å². The molecule has 1 saturated carbocycles. The number of aromatic amines is 1. The van der Waals surface area contributed by atoms with E-state index in [1.165, 1.54) is 41.8 Å². The van der Waals surface area contributed by atoms with Gasteiger partial charge in [0.1, 0.15) is 0 Å². The summed E-state index contributed by atoms with van der Waals surface area (Å²) in [5.74, 6) is -0.311. The van der Waals surface area contributed by atoms with Crippen molar-refractivity contribution in [2.45, 2.75) is 75.1 Å². The van der Waals surface area contributed by atoms with Crippen LogP contribution in [0.3, 0.4) is 0 Å². The van der Waals surface area contributed by atoms with Crippen LogP contribution in [0, 0.1) is 0 Å². The minimum atomic E-state index is -3.63. The second kappa shape index (κ2) is 9.53. The van der Waals surface area contributed by atoms with Crippen LogP contribution in [0.15, 0.2) is 34.0 Å². The number of carbonyl (C=O) groups is 1.